The molecule has 0 amide bonds. The lowest BCUT2D eigenvalue weighted by molar-refractivity contribution is -0.0826. The molecule has 0 bridgehead atoms. The monoisotopic (exact) mass is 236 g/mol. The lowest BCUT2D eigenvalue weighted by atomic mass is 9.72. The number of rotatable bonds is 0. The Morgan fingerprint density at radius 1 is 1.12 bits per heavy atom. The molecule has 1 N–H and O–H groups in total. The second-order valence-electron chi connectivity index (χ2n) is 7.74. The summed E-state index contributed by atoms with van der Waals surface area (Å²) < 4.78 is 5.77. The molecule has 0 aromatic carbocycles. The first-order valence-electron chi connectivity index (χ1n) is 7.29. The number of epoxide rings is 1. The van der Waals surface area contributed by atoms with Gasteiger partial charge in [0.1, 0.15) is 5.60 Å². The summed E-state index contributed by atoms with van der Waals surface area (Å²) in [5.41, 5.74) is -0.167. The lowest BCUT2D eigenvalue weighted by Crippen LogP contribution is -2.50. The van der Waals surface area contributed by atoms with Crippen molar-refractivity contribution < 1.29 is 9.84 Å². The van der Waals surface area contributed by atoms with Crippen LogP contribution in [0.5, 0.6) is 0 Å². The fourth-order valence-electron chi connectivity index (χ4n) is 5.58. The van der Waals surface area contributed by atoms with E-state index < -0.39 is 5.60 Å². The van der Waals surface area contributed by atoms with Gasteiger partial charge in [-0.2, -0.15) is 0 Å². The molecule has 2 heteroatoms. The SMILES string of the molecule is C[C@@H]1CC[C@@]2(O)[C@@H]1[C@@H]1[C@@H](CC[C@@]23CO3)C1(C)C. The Hall–Kier alpha value is -0.0800. The van der Waals surface area contributed by atoms with Gasteiger partial charge >= 0.3 is 0 Å². The van der Waals surface area contributed by atoms with Crippen molar-refractivity contribution in [3.8, 4) is 0 Å². The minimum atomic E-state index is -0.500. The average molecular weight is 236 g/mol. The highest BCUT2D eigenvalue weighted by molar-refractivity contribution is 5.25. The third-order valence-corrected chi connectivity index (χ3v) is 6.81. The van der Waals surface area contributed by atoms with E-state index in [1.807, 2.05) is 0 Å². The molecule has 96 valence electrons. The summed E-state index contributed by atoms with van der Waals surface area (Å²) >= 11 is 0. The molecule has 3 aliphatic carbocycles. The van der Waals surface area contributed by atoms with E-state index in [1.165, 1.54) is 12.8 Å². The molecular formula is C15H24O2. The first-order chi connectivity index (χ1) is 7.92. The molecule has 2 nitrogen and oxygen atoms in total. The molecule has 4 fully saturated rings. The van der Waals surface area contributed by atoms with E-state index in [9.17, 15) is 5.11 Å². The third kappa shape index (κ3) is 1.06. The van der Waals surface area contributed by atoms with Gasteiger partial charge < -0.3 is 9.84 Å². The maximum absolute atomic E-state index is 11.3. The van der Waals surface area contributed by atoms with Crippen LogP contribution in [0.1, 0.15) is 46.5 Å². The normalized spacial score (nSPS) is 62.8. The summed E-state index contributed by atoms with van der Waals surface area (Å²) in [5.74, 6) is 2.75. The first kappa shape index (κ1) is 10.8. The van der Waals surface area contributed by atoms with Crippen molar-refractivity contribution in [1.82, 2.24) is 0 Å². The zero-order valence-corrected chi connectivity index (χ0v) is 11.2. The average Bonchev–Trinajstić information content (AvgIpc) is 3.11. The van der Waals surface area contributed by atoms with Crippen LogP contribution in [-0.4, -0.2) is 22.9 Å². The van der Waals surface area contributed by atoms with Crippen LogP contribution in [0.15, 0.2) is 0 Å². The van der Waals surface area contributed by atoms with E-state index in [-0.39, 0.29) is 5.60 Å². The van der Waals surface area contributed by atoms with Gasteiger partial charge in [-0.25, -0.2) is 0 Å². The Balaban J connectivity index is 1.78. The quantitative estimate of drug-likeness (QED) is 0.656. The number of hydrogen-bond acceptors (Lipinski definition) is 2. The molecule has 1 spiro atoms. The van der Waals surface area contributed by atoms with Crippen molar-refractivity contribution in [1.29, 1.82) is 0 Å². The number of aliphatic hydroxyl groups is 1. The number of ether oxygens (including phenoxy) is 1. The Morgan fingerprint density at radius 2 is 1.82 bits per heavy atom. The molecule has 0 unspecified atom stereocenters. The van der Waals surface area contributed by atoms with Gasteiger partial charge in [0.25, 0.3) is 0 Å². The highest BCUT2D eigenvalue weighted by atomic mass is 16.6. The minimum absolute atomic E-state index is 0.133. The molecule has 4 aliphatic rings. The third-order valence-electron chi connectivity index (χ3n) is 6.81. The minimum Gasteiger partial charge on any atom is -0.386 e. The van der Waals surface area contributed by atoms with Crippen LogP contribution in [0.4, 0.5) is 0 Å². The van der Waals surface area contributed by atoms with Crippen molar-refractivity contribution >= 4 is 0 Å². The Labute approximate surface area is 104 Å². The van der Waals surface area contributed by atoms with Gasteiger partial charge in [0.15, 0.2) is 0 Å². The van der Waals surface area contributed by atoms with E-state index in [1.54, 1.807) is 0 Å². The van der Waals surface area contributed by atoms with Crippen molar-refractivity contribution in [3.05, 3.63) is 0 Å². The number of fused-ring (bicyclic) bond motifs is 4. The highest BCUT2D eigenvalue weighted by Gasteiger charge is 2.76. The second kappa shape index (κ2) is 2.75. The molecule has 1 aliphatic heterocycles. The predicted octanol–water partition coefficient (Wildman–Crippen LogP) is 2.60. The molecule has 3 saturated carbocycles. The van der Waals surface area contributed by atoms with E-state index in [4.69, 9.17) is 4.74 Å². The topological polar surface area (TPSA) is 32.8 Å². The molecule has 1 heterocycles. The Morgan fingerprint density at radius 3 is 2.47 bits per heavy atom. The van der Waals surface area contributed by atoms with Gasteiger partial charge in [0.05, 0.1) is 12.2 Å². The summed E-state index contributed by atoms with van der Waals surface area (Å²) in [5, 5.41) is 11.3. The highest BCUT2D eigenvalue weighted by Crippen LogP contribution is 2.73. The van der Waals surface area contributed by atoms with Crippen LogP contribution < -0.4 is 0 Å². The maximum atomic E-state index is 11.3. The van der Waals surface area contributed by atoms with Gasteiger partial charge in [-0.05, 0) is 54.8 Å². The predicted molar refractivity (Wildman–Crippen MR) is 65.5 cm³/mol. The van der Waals surface area contributed by atoms with Gasteiger partial charge in [-0.1, -0.05) is 20.8 Å². The van der Waals surface area contributed by atoms with Gasteiger partial charge in [0, 0.05) is 0 Å². The molecule has 6 atom stereocenters. The van der Waals surface area contributed by atoms with Crippen molar-refractivity contribution in [2.45, 2.75) is 57.7 Å². The summed E-state index contributed by atoms with van der Waals surface area (Å²) in [6.07, 6.45) is 4.52. The Bertz CT molecular complexity index is 371. The van der Waals surface area contributed by atoms with Gasteiger partial charge in [-0.15, -0.1) is 0 Å². The smallest absolute Gasteiger partial charge is 0.120 e. The zero-order chi connectivity index (χ0) is 12.1. The van der Waals surface area contributed by atoms with E-state index in [0.717, 1.165) is 31.3 Å². The Kier molecular flexibility index (Phi) is 1.75. The van der Waals surface area contributed by atoms with Crippen molar-refractivity contribution in [3.63, 3.8) is 0 Å². The summed E-state index contributed by atoms with van der Waals surface area (Å²) in [6, 6.07) is 0. The second-order valence-corrected chi connectivity index (χ2v) is 7.74. The summed E-state index contributed by atoms with van der Waals surface area (Å²) in [4.78, 5) is 0. The zero-order valence-electron chi connectivity index (χ0n) is 11.2. The van der Waals surface area contributed by atoms with Crippen molar-refractivity contribution in [2.24, 2.45) is 29.1 Å². The fourth-order valence-corrected chi connectivity index (χ4v) is 5.58. The van der Waals surface area contributed by atoms with E-state index >= 15 is 0 Å². The van der Waals surface area contributed by atoms with Crippen LogP contribution in [0, 0.1) is 29.1 Å². The molecule has 4 rings (SSSR count). The maximum Gasteiger partial charge on any atom is 0.120 e. The van der Waals surface area contributed by atoms with E-state index in [2.05, 4.69) is 20.8 Å². The number of hydrogen-bond donors (Lipinski definition) is 1. The van der Waals surface area contributed by atoms with E-state index in [0.29, 0.717) is 17.3 Å². The molecule has 1 saturated heterocycles. The van der Waals surface area contributed by atoms with Gasteiger partial charge in [-0.3, -0.25) is 0 Å². The summed E-state index contributed by atoms with van der Waals surface area (Å²) in [6.45, 7) is 7.96. The van der Waals surface area contributed by atoms with Crippen LogP contribution in [0.3, 0.4) is 0 Å². The lowest BCUT2D eigenvalue weighted by Gasteiger charge is -2.37. The first-order valence-corrected chi connectivity index (χ1v) is 7.29. The van der Waals surface area contributed by atoms with Gasteiger partial charge in [0.2, 0.25) is 0 Å². The van der Waals surface area contributed by atoms with Crippen LogP contribution in [0.25, 0.3) is 0 Å². The van der Waals surface area contributed by atoms with Crippen molar-refractivity contribution in [2.75, 3.05) is 6.61 Å². The molecule has 0 aromatic rings. The van der Waals surface area contributed by atoms with Crippen LogP contribution in [0.2, 0.25) is 0 Å². The van der Waals surface area contributed by atoms with Crippen LogP contribution >= 0.6 is 0 Å². The molecular weight excluding hydrogens is 212 g/mol. The molecule has 17 heavy (non-hydrogen) atoms. The largest absolute Gasteiger partial charge is 0.386 e. The molecule has 0 aromatic heterocycles. The molecule has 0 radical (unpaired) electrons. The fraction of sp³-hybridized carbons (Fsp3) is 1.00. The van der Waals surface area contributed by atoms with Crippen LogP contribution in [-0.2, 0) is 4.74 Å². The standard InChI is InChI=1S/C15H24O2/c1-9-4-7-15(16)11(9)12-10(13(12,2)3)5-6-14(15)8-17-14/h9-12,16H,4-8H2,1-3H3/t9-,10-,11+,12+,14-,15-/m1/s1. The summed E-state index contributed by atoms with van der Waals surface area (Å²) in [7, 11) is 0.